The van der Waals surface area contributed by atoms with E-state index in [9.17, 15) is 4.79 Å². The first kappa shape index (κ1) is 27.2. The second-order valence-corrected chi connectivity index (χ2v) is 10.1. The lowest BCUT2D eigenvalue weighted by Gasteiger charge is -2.17. The number of nitrogens with one attached hydrogen (secondary N) is 1. The van der Waals surface area contributed by atoms with Gasteiger partial charge in [-0.3, -0.25) is 4.79 Å². The first-order valence-corrected chi connectivity index (χ1v) is 12.2. The summed E-state index contributed by atoms with van der Waals surface area (Å²) in [4.78, 5) is 20.0. The van der Waals surface area contributed by atoms with Crippen molar-refractivity contribution in [1.29, 1.82) is 0 Å². The number of aryl methyl sites for hydroxylation is 1. The number of halogens is 7. The van der Waals surface area contributed by atoms with Crippen LogP contribution >= 0.6 is 81.2 Å². The van der Waals surface area contributed by atoms with Crippen LogP contribution < -0.4 is 10.2 Å². The average Bonchev–Trinajstić information content (AvgIpc) is 2.79. The van der Waals surface area contributed by atoms with E-state index in [1.165, 1.54) is 6.07 Å². The standard InChI is InChI=1S/C23H16Cl7N3O/c1-10-8-12(33(2)3)5-7-14(10)31-22(16-17(26)19(28)21(30)20(29)18(16)27)23(34)32-15-9-11(24)4-6-13(15)25/h4-9H,1-3H3,(H,32,34). The van der Waals surface area contributed by atoms with E-state index in [1.807, 2.05) is 38.1 Å². The van der Waals surface area contributed by atoms with Crippen molar-refractivity contribution in [2.75, 3.05) is 24.3 Å². The van der Waals surface area contributed by atoms with E-state index in [1.54, 1.807) is 18.2 Å². The molecule has 0 bridgehead atoms. The Kier molecular flexibility index (Phi) is 8.91. The van der Waals surface area contributed by atoms with Gasteiger partial charge in [0, 0.05) is 30.4 Å². The lowest BCUT2D eigenvalue weighted by Crippen LogP contribution is -2.25. The molecule has 11 heteroatoms. The second kappa shape index (κ2) is 11.1. The minimum Gasteiger partial charge on any atom is -0.378 e. The summed E-state index contributed by atoms with van der Waals surface area (Å²) in [5.41, 5.74) is 2.41. The maximum absolute atomic E-state index is 13.5. The van der Waals surface area contributed by atoms with Gasteiger partial charge < -0.3 is 10.2 Å². The Morgan fingerprint density at radius 2 is 1.41 bits per heavy atom. The van der Waals surface area contributed by atoms with Crippen molar-refractivity contribution in [1.82, 2.24) is 0 Å². The summed E-state index contributed by atoms with van der Waals surface area (Å²) in [7, 11) is 3.84. The van der Waals surface area contributed by atoms with Gasteiger partial charge in [0.15, 0.2) is 0 Å². The predicted molar refractivity (Wildman–Crippen MR) is 148 cm³/mol. The van der Waals surface area contributed by atoms with Crippen molar-refractivity contribution < 1.29 is 4.79 Å². The molecule has 0 aliphatic heterocycles. The molecule has 178 valence electrons. The fourth-order valence-electron chi connectivity index (χ4n) is 2.97. The van der Waals surface area contributed by atoms with E-state index in [0.29, 0.717) is 10.7 Å². The van der Waals surface area contributed by atoms with Crippen LogP contribution in [-0.4, -0.2) is 25.7 Å². The van der Waals surface area contributed by atoms with E-state index in [0.717, 1.165) is 11.3 Å². The highest BCUT2D eigenvalue weighted by atomic mass is 35.5. The Hall–Kier alpha value is -1.37. The molecule has 0 atom stereocenters. The first-order chi connectivity index (χ1) is 15.9. The van der Waals surface area contributed by atoms with Crippen molar-refractivity contribution in [3.8, 4) is 0 Å². The zero-order chi connectivity index (χ0) is 25.3. The van der Waals surface area contributed by atoms with Crippen LogP contribution in [0.15, 0.2) is 41.4 Å². The molecule has 0 saturated heterocycles. The maximum Gasteiger partial charge on any atom is 0.275 e. The fraction of sp³-hybridized carbons (Fsp3) is 0.130. The molecule has 0 radical (unpaired) electrons. The normalized spacial score (nSPS) is 11.5. The van der Waals surface area contributed by atoms with Crippen LogP contribution in [0.5, 0.6) is 0 Å². The maximum atomic E-state index is 13.5. The van der Waals surface area contributed by atoms with Gasteiger partial charge in [-0.15, -0.1) is 0 Å². The Bertz CT molecular complexity index is 1290. The predicted octanol–water partition coefficient (Wildman–Crippen LogP) is 9.39. The molecule has 0 unspecified atom stereocenters. The summed E-state index contributed by atoms with van der Waals surface area (Å²) in [6, 6.07) is 10.2. The highest BCUT2D eigenvalue weighted by Gasteiger charge is 2.27. The minimum absolute atomic E-state index is 0.0227. The molecule has 3 rings (SSSR count). The lowest BCUT2D eigenvalue weighted by atomic mass is 10.1. The SMILES string of the molecule is Cc1cc(N(C)C)ccc1N=C(C(=O)Nc1cc(Cl)ccc1Cl)c1c(Cl)c(Cl)c(Cl)c(Cl)c1Cl. The Balaban J connectivity index is 2.24. The summed E-state index contributed by atoms with van der Waals surface area (Å²) >= 11 is 43.9. The molecule has 1 amide bonds. The molecule has 34 heavy (non-hydrogen) atoms. The lowest BCUT2D eigenvalue weighted by molar-refractivity contribution is -0.110. The Morgan fingerprint density at radius 1 is 0.824 bits per heavy atom. The van der Waals surface area contributed by atoms with E-state index in [4.69, 9.17) is 81.2 Å². The molecule has 1 N–H and O–H groups in total. The number of anilines is 2. The Labute approximate surface area is 232 Å². The van der Waals surface area contributed by atoms with Gasteiger partial charge in [0.1, 0.15) is 5.71 Å². The molecular formula is C23H16Cl7N3O. The molecule has 0 saturated carbocycles. The molecule has 0 heterocycles. The van der Waals surface area contributed by atoms with Gasteiger partial charge in [-0.05, 0) is 48.9 Å². The van der Waals surface area contributed by atoms with Crippen LogP contribution in [0.2, 0.25) is 35.2 Å². The molecule has 0 aliphatic rings. The number of hydrogen-bond acceptors (Lipinski definition) is 3. The van der Waals surface area contributed by atoms with Crippen LogP contribution in [-0.2, 0) is 4.79 Å². The summed E-state index contributed by atoms with van der Waals surface area (Å²) in [6.45, 7) is 1.86. The number of amides is 1. The summed E-state index contributed by atoms with van der Waals surface area (Å²) in [5, 5.41) is 3.04. The van der Waals surface area contributed by atoms with Gasteiger partial charge in [-0.2, -0.15) is 0 Å². The second-order valence-electron chi connectivity index (χ2n) is 7.35. The van der Waals surface area contributed by atoms with Gasteiger partial charge in [-0.1, -0.05) is 81.2 Å². The monoisotopic (exact) mass is 595 g/mol. The first-order valence-electron chi connectivity index (χ1n) is 9.57. The van der Waals surface area contributed by atoms with Crippen LogP contribution in [0.1, 0.15) is 11.1 Å². The number of nitrogens with zero attached hydrogens (tertiary/aromatic N) is 2. The topological polar surface area (TPSA) is 44.7 Å². The number of carbonyl (C=O) groups excluding carboxylic acids is 1. The molecule has 4 nitrogen and oxygen atoms in total. The smallest absolute Gasteiger partial charge is 0.275 e. The zero-order valence-corrected chi connectivity index (χ0v) is 23.2. The summed E-state index contributed by atoms with van der Waals surface area (Å²) in [6.07, 6.45) is 0. The van der Waals surface area contributed by atoms with Gasteiger partial charge in [0.05, 0.1) is 41.5 Å². The van der Waals surface area contributed by atoms with Crippen molar-refractivity contribution in [3.05, 3.63) is 82.7 Å². The van der Waals surface area contributed by atoms with Crippen LogP contribution in [0.25, 0.3) is 0 Å². The van der Waals surface area contributed by atoms with E-state index in [-0.39, 0.29) is 47.1 Å². The van der Waals surface area contributed by atoms with Crippen molar-refractivity contribution in [3.63, 3.8) is 0 Å². The van der Waals surface area contributed by atoms with Gasteiger partial charge in [0.25, 0.3) is 5.91 Å². The molecular weight excluding hydrogens is 582 g/mol. The highest BCUT2D eigenvalue weighted by molar-refractivity contribution is 6.61. The van der Waals surface area contributed by atoms with Crippen LogP contribution in [0.4, 0.5) is 17.1 Å². The van der Waals surface area contributed by atoms with Gasteiger partial charge >= 0.3 is 0 Å². The summed E-state index contributed by atoms with van der Waals surface area (Å²) < 4.78 is 0. The molecule has 3 aromatic carbocycles. The van der Waals surface area contributed by atoms with Gasteiger partial charge in [0.2, 0.25) is 0 Å². The van der Waals surface area contributed by atoms with E-state index >= 15 is 0 Å². The molecule has 0 spiro atoms. The quantitative estimate of drug-likeness (QED) is 0.181. The molecule has 0 fully saturated rings. The number of benzene rings is 3. The highest BCUT2D eigenvalue weighted by Crippen LogP contribution is 2.44. The molecule has 0 aliphatic carbocycles. The Morgan fingerprint density at radius 3 is 1.97 bits per heavy atom. The van der Waals surface area contributed by atoms with Crippen molar-refractivity contribution in [2.24, 2.45) is 4.99 Å². The number of aliphatic imine (C=N–C) groups is 1. The largest absolute Gasteiger partial charge is 0.378 e. The minimum atomic E-state index is -0.668. The van der Waals surface area contributed by atoms with E-state index < -0.39 is 5.91 Å². The van der Waals surface area contributed by atoms with Crippen LogP contribution in [0.3, 0.4) is 0 Å². The third-order valence-electron chi connectivity index (χ3n) is 4.77. The molecule has 0 aromatic heterocycles. The summed E-state index contributed by atoms with van der Waals surface area (Å²) in [5.74, 6) is -0.668. The van der Waals surface area contributed by atoms with Crippen molar-refractivity contribution >= 4 is 110 Å². The fourth-order valence-corrected chi connectivity index (χ4v) is 4.63. The molecule has 3 aromatic rings. The number of carbonyl (C=O) groups is 1. The third-order valence-corrected chi connectivity index (χ3v) is 7.61. The average molecular weight is 599 g/mol. The van der Waals surface area contributed by atoms with Crippen molar-refractivity contribution in [2.45, 2.75) is 6.92 Å². The van der Waals surface area contributed by atoms with Crippen LogP contribution in [0, 0.1) is 6.92 Å². The number of hydrogen-bond donors (Lipinski definition) is 1. The van der Waals surface area contributed by atoms with Gasteiger partial charge in [-0.25, -0.2) is 4.99 Å². The third kappa shape index (κ3) is 5.71. The zero-order valence-electron chi connectivity index (χ0n) is 17.9. The number of rotatable bonds is 5. The van der Waals surface area contributed by atoms with E-state index in [2.05, 4.69) is 10.3 Å².